The molecule has 0 aliphatic carbocycles. The van der Waals surface area contributed by atoms with Gasteiger partial charge in [-0.05, 0) is 55.6 Å². The summed E-state index contributed by atoms with van der Waals surface area (Å²) < 4.78 is 24.5. The van der Waals surface area contributed by atoms with Crippen molar-refractivity contribution in [3.05, 3.63) is 49.0 Å². The van der Waals surface area contributed by atoms with Crippen molar-refractivity contribution in [1.82, 2.24) is 0 Å². The lowest BCUT2D eigenvalue weighted by atomic mass is 10.1. The summed E-state index contributed by atoms with van der Waals surface area (Å²) in [5, 5.41) is 10.2. The minimum atomic E-state index is -3.21. The van der Waals surface area contributed by atoms with Crippen molar-refractivity contribution >= 4 is 53.0 Å². The topological polar surface area (TPSA) is 54.4 Å². The molecule has 1 unspecified atom stereocenters. The number of sulfone groups is 1. The molecular formula is C12H10Br2O3S2. The number of hydrogen-bond donors (Lipinski definition) is 1. The lowest BCUT2D eigenvalue weighted by Gasteiger charge is -2.09. The Bertz CT molecular complexity index is 671. The van der Waals surface area contributed by atoms with Crippen LogP contribution in [0.4, 0.5) is 0 Å². The van der Waals surface area contributed by atoms with E-state index in [-0.39, 0.29) is 4.90 Å². The second-order valence-corrected chi connectivity index (χ2v) is 9.29. The Morgan fingerprint density at radius 1 is 1.21 bits per heavy atom. The maximum absolute atomic E-state index is 11.4. The summed E-state index contributed by atoms with van der Waals surface area (Å²) in [5.74, 6) is 0. The van der Waals surface area contributed by atoms with Gasteiger partial charge in [-0.1, -0.05) is 12.1 Å². The van der Waals surface area contributed by atoms with Gasteiger partial charge < -0.3 is 5.11 Å². The van der Waals surface area contributed by atoms with E-state index in [1.165, 1.54) is 23.5 Å². The third-order valence-corrected chi connectivity index (χ3v) is 6.99. The molecule has 19 heavy (non-hydrogen) atoms. The van der Waals surface area contributed by atoms with Crippen LogP contribution in [-0.2, 0) is 9.84 Å². The smallest absolute Gasteiger partial charge is 0.175 e. The summed E-state index contributed by atoms with van der Waals surface area (Å²) in [7, 11) is -3.21. The summed E-state index contributed by atoms with van der Waals surface area (Å²) in [4.78, 5) is 1.03. The Balaban J connectivity index is 2.32. The van der Waals surface area contributed by atoms with Crippen LogP contribution in [0.1, 0.15) is 16.5 Å². The largest absolute Gasteiger partial charge is 0.383 e. The standard InChI is InChI=1S/C12H10Br2O3S2/c1-19(16,17)8-4-2-7(3-5-8)11(15)10-6-9(13)12(14)18-10/h2-6,11,15H,1H3. The second-order valence-electron chi connectivity index (χ2n) is 4.01. The van der Waals surface area contributed by atoms with Gasteiger partial charge in [0.25, 0.3) is 0 Å². The predicted octanol–water partition coefficient (Wildman–Crippen LogP) is 3.76. The number of benzene rings is 1. The van der Waals surface area contributed by atoms with E-state index in [1.54, 1.807) is 12.1 Å². The van der Waals surface area contributed by atoms with Crippen LogP contribution < -0.4 is 0 Å². The molecule has 0 radical (unpaired) electrons. The molecule has 0 fully saturated rings. The van der Waals surface area contributed by atoms with E-state index in [9.17, 15) is 13.5 Å². The average molecular weight is 426 g/mol. The molecule has 1 aromatic heterocycles. The van der Waals surface area contributed by atoms with Crippen molar-refractivity contribution in [3.63, 3.8) is 0 Å². The Morgan fingerprint density at radius 3 is 2.21 bits per heavy atom. The van der Waals surface area contributed by atoms with Crippen LogP contribution in [0.2, 0.25) is 0 Å². The van der Waals surface area contributed by atoms with Gasteiger partial charge in [0, 0.05) is 15.6 Å². The highest BCUT2D eigenvalue weighted by Crippen LogP contribution is 2.37. The van der Waals surface area contributed by atoms with Gasteiger partial charge >= 0.3 is 0 Å². The van der Waals surface area contributed by atoms with Crippen molar-refractivity contribution in [2.75, 3.05) is 6.26 Å². The van der Waals surface area contributed by atoms with Crippen LogP contribution in [0.25, 0.3) is 0 Å². The quantitative estimate of drug-likeness (QED) is 0.814. The van der Waals surface area contributed by atoms with E-state index in [4.69, 9.17) is 0 Å². The highest BCUT2D eigenvalue weighted by molar-refractivity contribution is 9.13. The van der Waals surface area contributed by atoms with Gasteiger partial charge in [0.15, 0.2) is 9.84 Å². The van der Waals surface area contributed by atoms with E-state index in [0.717, 1.165) is 19.4 Å². The maximum Gasteiger partial charge on any atom is 0.175 e. The van der Waals surface area contributed by atoms with Gasteiger partial charge in [0.05, 0.1) is 8.68 Å². The number of halogens is 2. The Labute approximate surface area is 132 Å². The molecule has 0 bridgehead atoms. The fourth-order valence-electron chi connectivity index (χ4n) is 1.56. The van der Waals surface area contributed by atoms with E-state index in [1.807, 2.05) is 6.07 Å². The normalized spacial score (nSPS) is 13.5. The Kier molecular flexibility index (Phi) is 4.52. The summed E-state index contributed by atoms with van der Waals surface area (Å²) in [5.41, 5.74) is 0.661. The number of rotatable bonds is 3. The average Bonchev–Trinajstić information content (AvgIpc) is 2.68. The highest BCUT2D eigenvalue weighted by atomic mass is 79.9. The molecule has 102 valence electrons. The minimum absolute atomic E-state index is 0.247. The molecule has 0 aliphatic heterocycles. The number of aliphatic hydroxyl groups is 1. The molecule has 0 aliphatic rings. The molecule has 7 heteroatoms. The van der Waals surface area contributed by atoms with E-state index < -0.39 is 15.9 Å². The van der Waals surface area contributed by atoms with Crippen molar-refractivity contribution in [1.29, 1.82) is 0 Å². The summed E-state index contributed by atoms with van der Waals surface area (Å²) in [6.07, 6.45) is 0.396. The van der Waals surface area contributed by atoms with Crippen molar-refractivity contribution < 1.29 is 13.5 Å². The first-order chi connectivity index (χ1) is 8.79. The summed E-state index contributed by atoms with van der Waals surface area (Å²) >= 11 is 8.17. The van der Waals surface area contributed by atoms with Gasteiger partial charge in [-0.15, -0.1) is 11.3 Å². The van der Waals surface area contributed by atoms with E-state index in [2.05, 4.69) is 31.9 Å². The predicted molar refractivity (Wildman–Crippen MR) is 83.3 cm³/mol. The zero-order valence-corrected chi connectivity index (χ0v) is 14.6. The fourth-order valence-corrected chi connectivity index (χ4v) is 4.29. The zero-order chi connectivity index (χ0) is 14.2. The highest BCUT2D eigenvalue weighted by Gasteiger charge is 2.16. The molecule has 2 rings (SSSR count). The molecule has 0 spiro atoms. The van der Waals surface area contributed by atoms with Gasteiger partial charge in [-0.25, -0.2) is 8.42 Å². The maximum atomic E-state index is 11.4. The van der Waals surface area contributed by atoms with Crippen molar-refractivity contribution in [2.24, 2.45) is 0 Å². The van der Waals surface area contributed by atoms with Crippen LogP contribution >= 0.6 is 43.2 Å². The molecular weight excluding hydrogens is 416 g/mol. The van der Waals surface area contributed by atoms with E-state index in [0.29, 0.717) is 5.56 Å². The van der Waals surface area contributed by atoms with Crippen molar-refractivity contribution in [2.45, 2.75) is 11.0 Å². The monoisotopic (exact) mass is 424 g/mol. The summed E-state index contributed by atoms with van der Waals surface area (Å²) in [6.45, 7) is 0. The first kappa shape index (κ1) is 15.2. The molecule has 0 amide bonds. The van der Waals surface area contributed by atoms with Crippen LogP contribution in [0.3, 0.4) is 0 Å². The van der Waals surface area contributed by atoms with Gasteiger partial charge in [-0.3, -0.25) is 0 Å². The first-order valence-electron chi connectivity index (χ1n) is 5.22. The Hall–Kier alpha value is -0.210. The zero-order valence-electron chi connectivity index (χ0n) is 9.80. The third-order valence-electron chi connectivity index (χ3n) is 2.56. The van der Waals surface area contributed by atoms with Crippen molar-refractivity contribution in [3.8, 4) is 0 Å². The minimum Gasteiger partial charge on any atom is -0.383 e. The van der Waals surface area contributed by atoms with Gasteiger partial charge in [0.1, 0.15) is 6.10 Å². The van der Waals surface area contributed by atoms with Gasteiger partial charge in [-0.2, -0.15) is 0 Å². The number of aliphatic hydroxyl groups excluding tert-OH is 1. The molecule has 1 heterocycles. The second kappa shape index (κ2) is 5.65. The number of thiophene rings is 1. The molecule has 0 saturated carbocycles. The van der Waals surface area contributed by atoms with Gasteiger partial charge in [0.2, 0.25) is 0 Å². The third kappa shape index (κ3) is 3.46. The summed E-state index contributed by atoms with van der Waals surface area (Å²) in [6, 6.07) is 8.10. The first-order valence-corrected chi connectivity index (χ1v) is 9.51. The van der Waals surface area contributed by atoms with Crippen LogP contribution in [0.5, 0.6) is 0 Å². The SMILES string of the molecule is CS(=O)(=O)c1ccc(C(O)c2cc(Br)c(Br)s2)cc1. The fraction of sp³-hybridized carbons (Fsp3) is 0.167. The molecule has 1 aromatic carbocycles. The lowest BCUT2D eigenvalue weighted by Crippen LogP contribution is -2.00. The number of hydrogen-bond acceptors (Lipinski definition) is 4. The van der Waals surface area contributed by atoms with Crippen LogP contribution in [0, 0.1) is 0 Å². The van der Waals surface area contributed by atoms with Crippen LogP contribution in [-0.4, -0.2) is 19.8 Å². The molecule has 1 N–H and O–H groups in total. The van der Waals surface area contributed by atoms with Crippen LogP contribution in [0.15, 0.2) is 43.5 Å². The molecule has 3 nitrogen and oxygen atoms in total. The molecule has 1 atom stereocenters. The molecule has 2 aromatic rings. The molecule has 0 saturated heterocycles. The van der Waals surface area contributed by atoms with E-state index >= 15 is 0 Å². The Morgan fingerprint density at radius 2 is 1.79 bits per heavy atom. The lowest BCUT2D eigenvalue weighted by molar-refractivity contribution is 0.224.